The highest BCUT2D eigenvalue weighted by Gasteiger charge is 2.30. The minimum atomic E-state index is 0.194. The lowest BCUT2D eigenvalue weighted by molar-refractivity contribution is -0.117. The number of carbonyl (C=O) groups excluding carboxylic acids is 1. The molecule has 102 valence electrons. The smallest absolute Gasteiger partial charge is 0.246 e. The quantitative estimate of drug-likeness (QED) is 0.902. The van der Waals surface area contributed by atoms with Crippen LogP contribution in [0.25, 0.3) is 0 Å². The zero-order valence-electron chi connectivity index (χ0n) is 11.0. The molecule has 0 aliphatic carbocycles. The Hall–Kier alpha value is -1.07. The van der Waals surface area contributed by atoms with Crippen molar-refractivity contribution in [2.24, 2.45) is 5.92 Å². The summed E-state index contributed by atoms with van der Waals surface area (Å²) in [5.74, 6) is 0.763. The van der Waals surface area contributed by atoms with E-state index in [0.29, 0.717) is 12.5 Å². The highest BCUT2D eigenvalue weighted by Crippen LogP contribution is 2.35. The lowest BCUT2D eigenvalue weighted by atomic mass is 10.1. The van der Waals surface area contributed by atoms with Gasteiger partial charge in [-0.2, -0.15) is 0 Å². The lowest BCUT2D eigenvalue weighted by Gasteiger charge is -2.36. The van der Waals surface area contributed by atoms with E-state index in [0.717, 1.165) is 41.9 Å². The molecule has 1 amide bonds. The summed E-state index contributed by atoms with van der Waals surface area (Å²) in [5.41, 5.74) is 2.16. The molecular formula is C14H18BrN3O. The molecule has 1 unspecified atom stereocenters. The molecule has 2 aliphatic rings. The fraction of sp³-hybridized carbons (Fsp3) is 0.500. The molecule has 5 heteroatoms. The number of likely N-dealkylation sites (N-methyl/N-ethyl adjacent to an activating group) is 1. The normalized spacial score (nSPS) is 22.8. The van der Waals surface area contributed by atoms with Crippen molar-refractivity contribution in [1.82, 2.24) is 5.32 Å². The van der Waals surface area contributed by atoms with Crippen LogP contribution >= 0.6 is 15.9 Å². The first-order valence-electron chi connectivity index (χ1n) is 6.67. The predicted molar refractivity (Wildman–Crippen MR) is 80.7 cm³/mol. The number of amides is 1. The molecule has 1 N–H and O–H groups in total. The molecule has 1 fully saturated rings. The number of rotatable bonds is 2. The zero-order valence-corrected chi connectivity index (χ0v) is 12.6. The van der Waals surface area contributed by atoms with Gasteiger partial charge in [0.1, 0.15) is 0 Å². The van der Waals surface area contributed by atoms with E-state index >= 15 is 0 Å². The van der Waals surface area contributed by atoms with Gasteiger partial charge in [0, 0.05) is 18.1 Å². The summed E-state index contributed by atoms with van der Waals surface area (Å²) in [6, 6.07) is 6.15. The van der Waals surface area contributed by atoms with Crippen LogP contribution in [0.3, 0.4) is 0 Å². The van der Waals surface area contributed by atoms with E-state index in [1.165, 1.54) is 0 Å². The molecule has 0 aromatic heterocycles. The van der Waals surface area contributed by atoms with Gasteiger partial charge in [-0.25, -0.2) is 0 Å². The van der Waals surface area contributed by atoms with Gasteiger partial charge < -0.3 is 15.1 Å². The minimum absolute atomic E-state index is 0.194. The third-order valence-electron chi connectivity index (χ3n) is 3.92. The Kier molecular flexibility index (Phi) is 3.50. The number of carbonyl (C=O) groups is 1. The summed E-state index contributed by atoms with van der Waals surface area (Å²) in [6.07, 6.45) is 1.16. The monoisotopic (exact) mass is 323 g/mol. The third kappa shape index (κ3) is 2.49. The number of halogens is 1. The van der Waals surface area contributed by atoms with E-state index in [9.17, 15) is 4.79 Å². The van der Waals surface area contributed by atoms with Crippen LogP contribution in [0.15, 0.2) is 22.7 Å². The molecule has 0 radical (unpaired) electrons. The molecule has 19 heavy (non-hydrogen) atoms. The van der Waals surface area contributed by atoms with E-state index in [1.54, 1.807) is 0 Å². The molecule has 1 aromatic rings. The molecule has 2 aliphatic heterocycles. The van der Waals surface area contributed by atoms with Gasteiger partial charge in [-0.15, -0.1) is 0 Å². The van der Waals surface area contributed by atoms with Crippen LogP contribution in [-0.4, -0.2) is 39.1 Å². The first-order chi connectivity index (χ1) is 9.15. The summed E-state index contributed by atoms with van der Waals surface area (Å²) in [7, 11) is 1.97. The summed E-state index contributed by atoms with van der Waals surface area (Å²) in [6.45, 7) is 3.37. The second-order valence-corrected chi connectivity index (χ2v) is 6.27. The van der Waals surface area contributed by atoms with Gasteiger partial charge in [-0.1, -0.05) is 15.9 Å². The molecule has 0 saturated carbocycles. The van der Waals surface area contributed by atoms with Gasteiger partial charge in [0.2, 0.25) is 5.91 Å². The third-order valence-corrected chi connectivity index (χ3v) is 4.41. The average Bonchev–Trinajstić information content (AvgIpc) is 2.87. The topological polar surface area (TPSA) is 35.6 Å². The van der Waals surface area contributed by atoms with Crippen molar-refractivity contribution in [2.45, 2.75) is 6.42 Å². The Labute approximate surface area is 121 Å². The Morgan fingerprint density at radius 2 is 2.26 bits per heavy atom. The van der Waals surface area contributed by atoms with Gasteiger partial charge in [0.05, 0.1) is 17.9 Å². The fourth-order valence-corrected chi connectivity index (χ4v) is 3.22. The maximum Gasteiger partial charge on any atom is 0.246 e. The number of nitrogens with zero attached hydrogens (tertiary/aromatic N) is 2. The number of hydrogen-bond acceptors (Lipinski definition) is 3. The van der Waals surface area contributed by atoms with Crippen molar-refractivity contribution >= 4 is 33.2 Å². The Bertz CT molecular complexity index is 499. The first-order valence-corrected chi connectivity index (χ1v) is 7.46. The van der Waals surface area contributed by atoms with Gasteiger partial charge >= 0.3 is 0 Å². The Morgan fingerprint density at radius 1 is 1.42 bits per heavy atom. The van der Waals surface area contributed by atoms with Crippen molar-refractivity contribution in [3.8, 4) is 0 Å². The zero-order chi connectivity index (χ0) is 13.4. The van der Waals surface area contributed by atoms with E-state index in [-0.39, 0.29) is 5.91 Å². The number of nitrogens with one attached hydrogen (secondary N) is 1. The van der Waals surface area contributed by atoms with Gasteiger partial charge in [-0.3, -0.25) is 4.79 Å². The fourth-order valence-electron chi connectivity index (χ4n) is 2.87. The summed E-state index contributed by atoms with van der Waals surface area (Å²) in [4.78, 5) is 16.3. The summed E-state index contributed by atoms with van der Waals surface area (Å²) < 4.78 is 1.02. The standard InChI is InChI=1S/C14H18BrN3O/c1-17-9-14(19)18(8-10-4-5-16-7-10)13-6-11(15)2-3-12(13)17/h2-3,6,10,16H,4-5,7-9H2,1H3. The van der Waals surface area contributed by atoms with E-state index < -0.39 is 0 Å². The van der Waals surface area contributed by atoms with Crippen molar-refractivity contribution in [3.63, 3.8) is 0 Å². The van der Waals surface area contributed by atoms with Crippen molar-refractivity contribution in [3.05, 3.63) is 22.7 Å². The van der Waals surface area contributed by atoms with Gasteiger partial charge in [0.25, 0.3) is 0 Å². The highest BCUT2D eigenvalue weighted by atomic mass is 79.9. The van der Waals surface area contributed by atoms with Crippen LogP contribution in [0.5, 0.6) is 0 Å². The molecule has 1 saturated heterocycles. The Balaban J connectivity index is 1.92. The average molecular weight is 324 g/mol. The van der Waals surface area contributed by atoms with Crippen molar-refractivity contribution in [2.75, 3.05) is 43.0 Å². The molecule has 0 bridgehead atoms. The number of hydrogen-bond donors (Lipinski definition) is 1. The van der Waals surface area contributed by atoms with Crippen LogP contribution in [-0.2, 0) is 4.79 Å². The van der Waals surface area contributed by atoms with Crippen molar-refractivity contribution < 1.29 is 4.79 Å². The second-order valence-electron chi connectivity index (χ2n) is 5.35. The van der Waals surface area contributed by atoms with Crippen LogP contribution in [0.1, 0.15) is 6.42 Å². The van der Waals surface area contributed by atoms with Crippen LogP contribution in [0.4, 0.5) is 11.4 Å². The molecule has 4 nitrogen and oxygen atoms in total. The lowest BCUT2D eigenvalue weighted by Crippen LogP contribution is -2.46. The summed E-state index contributed by atoms with van der Waals surface area (Å²) in [5, 5.41) is 3.36. The molecule has 3 rings (SSSR count). The SMILES string of the molecule is CN1CC(=O)N(CC2CCNC2)c2cc(Br)ccc21. The van der Waals surface area contributed by atoms with Gasteiger partial charge in [-0.05, 0) is 43.6 Å². The van der Waals surface area contributed by atoms with Crippen LogP contribution in [0.2, 0.25) is 0 Å². The van der Waals surface area contributed by atoms with Crippen LogP contribution < -0.4 is 15.1 Å². The summed E-state index contributed by atoms with van der Waals surface area (Å²) >= 11 is 3.50. The number of anilines is 2. The minimum Gasteiger partial charge on any atom is -0.364 e. The second kappa shape index (κ2) is 5.13. The predicted octanol–water partition coefficient (Wildman–Crippen LogP) is 1.84. The van der Waals surface area contributed by atoms with E-state index in [2.05, 4.69) is 27.3 Å². The highest BCUT2D eigenvalue weighted by molar-refractivity contribution is 9.10. The maximum absolute atomic E-state index is 12.3. The first kappa shape index (κ1) is 12.9. The van der Waals surface area contributed by atoms with Gasteiger partial charge in [0.15, 0.2) is 0 Å². The van der Waals surface area contributed by atoms with E-state index in [1.807, 2.05) is 29.0 Å². The largest absolute Gasteiger partial charge is 0.364 e. The molecule has 0 spiro atoms. The van der Waals surface area contributed by atoms with Crippen molar-refractivity contribution in [1.29, 1.82) is 0 Å². The molecule has 2 heterocycles. The van der Waals surface area contributed by atoms with Crippen LogP contribution in [0, 0.1) is 5.92 Å². The molecule has 1 aromatic carbocycles. The number of fused-ring (bicyclic) bond motifs is 1. The number of benzene rings is 1. The van der Waals surface area contributed by atoms with E-state index in [4.69, 9.17) is 0 Å². The Morgan fingerprint density at radius 3 is 3.00 bits per heavy atom. The molecular weight excluding hydrogens is 306 g/mol. The maximum atomic E-state index is 12.3. The molecule has 1 atom stereocenters.